The Balaban J connectivity index is 1.99. The van der Waals surface area contributed by atoms with Crippen LogP contribution in [0.3, 0.4) is 0 Å². The van der Waals surface area contributed by atoms with Crippen LogP contribution in [0.5, 0.6) is 0 Å². The summed E-state index contributed by atoms with van der Waals surface area (Å²) in [5.41, 5.74) is 14.6. The number of halogens is 1. The molecular formula is C18H21ClN6O2S. The van der Waals surface area contributed by atoms with Gasteiger partial charge in [0, 0.05) is 29.0 Å². The molecule has 0 aliphatic carbocycles. The topological polar surface area (TPSA) is 140 Å². The van der Waals surface area contributed by atoms with Crippen LogP contribution in [0.2, 0.25) is 5.02 Å². The van der Waals surface area contributed by atoms with Crippen molar-refractivity contribution in [2.75, 3.05) is 12.3 Å². The van der Waals surface area contributed by atoms with E-state index in [-0.39, 0.29) is 17.5 Å². The number of nitrogen functional groups attached to an aromatic ring is 1. The smallest absolute Gasteiger partial charge is 0.256 e. The highest BCUT2D eigenvalue weighted by Crippen LogP contribution is 2.31. The summed E-state index contributed by atoms with van der Waals surface area (Å²) < 4.78 is 28.8. The van der Waals surface area contributed by atoms with E-state index < -0.39 is 16.1 Å². The van der Waals surface area contributed by atoms with Gasteiger partial charge in [-0.15, -0.1) is 0 Å². The van der Waals surface area contributed by atoms with Crippen molar-refractivity contribution in [3.8, 4) is 11.3 Å². The number of anilines is 1. The first-order chi connectivity index (χ1) is 13.2. The Morgan fingerprint density at radius 2 is 2.04 bits per heavy atom. The van der Waals surface area contributed by atoms with E-state index in [1.54, 1.807) is 44.2 Å². The maximum Gasteiger partial charge on any atom is 0.256 e. The van der Waals surface area contributed by atoms with Crippen LogP contribution >= 0.6 is 11.6 Å². The van der Waals surface area contributed by atoms with E-state index in [1.165, 1.54) is 6.20 Å². The van der Waals surface area contributed by atoms with E-state index in [2.05, 4.69) is 19.7 Å². The van der Waals surface area contributed by atoms with Crippen molar-refractivity contribution < 1.29 is 8.42 Å². The van der Waals surface area contributed by atoms with Crippen LogP contribution in [-0.4, -0.2) is 29.9 Å². The molecule has 0 unspecified atom stereocenters. The summed E-state index contributed by atoms with van der Waals surface area (Å²) in [5.74, 6) is 0.115. The number of benzene rings is 1. The van der Waals surface area contributed by atoms with Crippen molar-refractivity contribution in [3.05, 3.63) is 58.4 Å². The average molecular weight is 421 g/mol. The molecule has 1 aromatic carbocycles. The van der Waals surface area contributed by atoms with Crippen LogP contribution in [0.1, 0.15) is 22.9 Å². The Morgan fingerprint density at radius 1 is 1.29 bits per heavy atom. The number of nitrogens with zero attached hydrogens (tertiary/aromatic N) is 2. The van der Waals surface area contributed by atoms with Crippen molar-refractivity contribution in [1.82, 2.24) is 19.7 Å². The first kappa shape index (κ1) is 20.3. The molecule has 0 saturated heterocycles. The molecule has 2 heterocycles. The standard InChI is InChI=1S/C18H21ClN6O2S/c1-10-16(14-6-7-22-18(21)24-14)11(2)23-17(10)28(26,27)25-15(9-20)12-4-3-5-13(19)8-12/h3-8,15,23,25H,9,20H2,1-2H3,(H2,21,22,24)/t15-/m1/s1. The summed E-state index contributed by atoms with van der Waals surface area (Å²) in [4.78, 5) is 11.0. The molecule has 1 atom stereocenters. The predicted octanol–water partition coefficient (Wildman–Crippen LogP) is 2.30. The second-order valence-electron chi connectivity index (χ2n) is 6.34. The fourth-order valence-electron chi connectivity index (χ4n) is 3.11. The fourth-order valence-corrected chi connectivity index (χ4v) is 4.83. The van der Waals surface area contributed by atoms with E-state index in [4.69, 9.17) is 23.1 Å². The van der Waals surface area contributed by atoms with Gasteiger partial charge in [0.25, 0.3) is 10.0 Å². The van der Waals surface area contributed by atoms with Crippen molar-refractivity contribution in [2.45, 2.75) is 24.9 Å². The zero-order chi connectivity index (χ0) is 20.5. The lowest BCUT2D eigenvalue weighted by Crippen LogP contribution is -2.34. The van der Waals surface area contributed by atoms with Crippen molar-refractivity contribution >= 4 is 27.6 Å². The van der Waals surface area contributed by atoms with Gasteiger partial charge in [0.15, 0.2) is 5.03 Å². The van der Waals surface area contributed by atoms with E-state index >= 15 is 0 Å². The molecule has 0 aliphatic heterocycles. The molecule has 10 heteroatoms. The van der Waals surface area contributed by atoms with Crippen LogP contribution in [0.25, 0.3) is 11.3 Å². The van der Waals surface area contributed by atoms with E-state index in [0.29, 0.717) is 33.1 Å². The Hall–Kier alpha value is -2.46. The number of hydrogen-bond donors (Lipinski definition) is 4. The largest absolute Gasteiger partial charge is 0.368 e. The van der Waals surface area contributed by atoms with Crippen LogP contribution in [-0.2, 0) is 10.0 Å². The number of sulfonamides is 1. The quantitative estimate of drug-likeness (QED) is 0.482. The van der Waals surface area contributed by atoms with Gasteiger partial charge in [0.2, 0.25) is 5.95 Å². The molecule has 0 saturated carbocycles. The third-order valence-electron chi connectivity index (χ3n) is 4.37. The molecule has 8 nitrogen and oxygen atoms in total. The van der Waals surface area contributed by atoms with Crippen LogP contribution in [0.15, 0.2) is 41.6 Å². The summed E-state index contributed by atoms with van der Waals surface area (Å²) in [7, 11) is -3.89. The van der Waals surface area contributed by atoms with Gasteiger partial charge < -0.3 is 16.5 Å². The van der Waals surface area contributed by atoms with Crippen LogP contribution in [0, 0.1) is 13.8 Å². The lowest BCUT2D eigenvalue weighted by Gasteiger charge is -2.17. The lowest BCUT2D eigenvalue weighted by atomic mass is 10.1. The normalized spacial score (nSPS) is 12.9. The molecule has 3 rings (SSSR count). The van der Waals surface area contributed by atoms with Gasteiger partial charge in [0.05, 0.1) is 11.7 Å². The third kappa shape index (κ3) is 4.02. The molecule has 0 spiro atoms. The second kappa shape index (κ2) is 7.88. The Morgan fingerprint density at radius 3 is 2.68 bits per heavy atom. The van der Waals surface area contributed by atoms with Gasteiger partial charge in [-0.2, -0.15) is 0 Å². The number of aryl methyl sites for hydroxylation is 1. The molecular weight excluding hydrogens is 400 g/mol. The van der Waals surface area contributed by atoms with Crippen molar-refractivity contribution in [2.24, 2.45) is 5.73 Å². The minimum absolute atomic E-state index is 0.0534. The minimum atomic E-state index is -3.89. The summed E-state index contributed by atoms with van der Waals surface area (Å²) in [5, 5.41) is 0.559. The number of rotatable bonds is 6. The SMILES string of the molecule is Cc1[nH]c(S(=O)(=O)N[C@H](CN)c2cccc(Cl)c2)c(C)c1-c1ccnc(N)n1. The summed E-state index contributed by atoms with van der Waals surface area (Å²) in [6, 6.07) is 7.97. The monoisotopic (exact) mass is 420 g/mol. The Labute approximate surface area is 168 Å². The van der Waals surface area contributed by atoms with Crippen molar-refractivity contribution in [3.63, 3.8) is 0 Å². The Bertz CT molecular complexity index is 1110. The number of hydrogen-bond acceptors (Lipinski definition) is 6. The number of aromatic nitrogens is 3. The first-order valence-corrected chi connectivity index (χ1v) is 10.3. The number of aromatic amines is 1. The van der Waals surface area contributed by atoms with Gasteiger partial charge in [0.1, 0.15) is 0 Å². The average Bonchev–Trinajstić information content (AvgIpc) is 2.95. The van der Waals surface area contributed by atoms with Gasteiger partial charge in [-0.1, -0.05) is 23.7 Å². The molecule has 0 bridgehead atoms. The van der Waals surface area contributed by atoms with Crippen molar-refractivity contribution in [1.29, 1.82) is 0 Å². The zero-order valence-electron chi connectivity index (χ0n) is 15.4. The predicted molar refractivity (Wildman–Crippen MR) is 109 cm³/mol. The Kier molecular flexibility index (Phi) is 5.71. The summed E-state index contributed by atoms with van der Waals surface area (Å²) >= 11 is 6.02. The van der Waals surface area contributed by atoms with Crippen LogP contribution < -0.4 is 16.2 Å². The van der Waals surface area contributed by atoms with Gasteiger partial charge in [-0.25, -0.2) is 23.1 Å². The lowest BCUT2D eigenvalue weighted by molar-refractivity contribution is 0.554. The number of nitrogens with two attached hydrogens (primary N) is 2. The van der Waals surface area contributed by atoms with E-state index in [1.807, 2.05) is 0 Å². The number of H-pyrrole nitrogens is 1. The maximum absolute atomic E-state index is 13.1. The van der Waals surface area contributed by atoms with Gasteiger partial charge >= 0.3 is 0 Å². The second-order valence-corrected chi connectivity index (χ2v) is 8.43. The highest BCUT2D eigenvalue weighted by Gasteiger charge is 2.27. The van der Waals surface area contributed by atoms with Crippen LogP contribution in [0.4, 0.5) is 5.95 Å². The zero-order valence-corrected chi connectivity index (χ0v) is 17.0. The minimum Gasteiger partial charge on any atom is -0.368 e. The molecule has 6 N–H and O–H groups in total. The molecule has 3 aromatic rings. The van der Waals surface area contributed by atoms with Gasteiger partial charge in [-0.05, 0) is 43.2 Å². The maximum atomic E-state index is 13.1. The summed E-state index contributed by atoms with van der Waals surface area (Å²) in [6.07, 6.45) is 1.53. The molecule has 0 amide bonds. The molecule has 2 aromatic heterocycles. The highest BCUT2D eigenvalue weighted by atomic mass is 35.5. The molecule has 0 fully saturated rings. The van der Waals surface area contributed by atoms with E-state index in [0.717, 1.165) is 0 Å². The molecule has 0 aliphatic rings. The van der Waals surface area contributed by atoms with Gasteiger partial charge in [-0.3, -0.25) is 0 Å². The van der Waals surface area contributed by atoms with E-state index in [9.17, 15) is 8.42 Å². The highest BCUT2D eigenvalue weighted by molar-refractivity contribution is 7.89. The number of nitrogens with one attached hydrogen (secondary N) is 2. The molecule has 148 valence electrons. The fraction of sp³-hybridized carbons (Fsp3) is 0.222. The first-order valence-electron chi connectivity index (χ1n) is 8.49. The third-order valence-corrected chi connectivity index (χ3v) is 6.15. The molecule has 0 radical (unpaired) electrons. The summed E-state index contributed by atoms with van der Waals surface area (Å²) in [6.45, 7) is 3.56. The molecule has 28 heavy (non-hydrogen) atoms.